The molecule has 154 valence electrons. The van der Waals surface area contributed by atoms with Crippen LogP contribution in [0.2, 0.25) is 0 Å². The zero-order valence-electron chi connectivity index (χ0n) is 17.4. The number of piperidine rings is 1. The number of rotatable bonds is 3. The molecule has 0 spiro atoms. The van der Waals surface area contributed by atoms with E-state index in [-0.39, 0.29) is 5.92 Å². The maximum atomic E-state index is 13.3. The SMILES string of the molecule is CC1(C)CC2CC(C)(CN2C(=O)C2CCN(Cc3cc(Br)ccc3O)CC2)C1. The molecule has 4 rings (SSSR count). The third kappa shape index (κ3) is 4.11. The quantitative estimate of drug-likeness (QED) is 0.722. The van der Waals surface area contributed by atoms with Crippen molar-refractivity contribution >= 4 is 21.8 Å². The average molecular weight is 449 g/mol. The predicted octanol–water partition coefficient (Wildman–Crippen LogP) is 4.79. The van der Waals surface area contributed by atoms with E-state index in [1.54, 1.807) is 6.07 Å². The molecule has 2 heterocycles. The van der Waals surface area contributed by atoms with Crippen LogP contribution in [0.3, 0.4) is 0 Å². The topological polar surface area (TPSA) is 43.8 Å². The van der Waals surface area contributed by atoms with Crippen molar-refractivity contribution in [2.45, 2.75) is 65.5 Å². The lowest BCUT2D eigenvalue weighted by atomic mass is 9.65. The molecule has 2 saturated heterocycles. The second kappa shape index (κ2) is 7.32. The Labute approximate surface area is 177 Å². The number of carbonyl (C=O) groups excluding carboxylic acids is 1. The van der Waals surface area contributed by atoms with E-state index in [1.807, 2.05) is 12.1 Å². The van der Waals surface area contributed by atoms with Crippen LogP contribution in [0.25, 0.3) is 0 Å². The van der Waals surface area contributed by atoms with Crippen LogP contribution in [0.15, 0.2) is 22.7 Å². The molecule has 2 aliphatic heterocycles. The Hall–Kier alpha value is -1.07. The van der Waals surface area contributed by atoms with Gasteiger partial charge in [0.1, 0.15) is 5.75 Å². The minimum Gasteiger partial charge on any atom is -0.508 e. The minimum absolute atomic E-state index is 0.165. The fraction of sp³-hybridized carbons (Fsp3) is 0.696. The molecule has 1 aromatic rings. The fourth-order valence-corrected chi connectivity index (χ4v) is 6.62. The highest BCUT2D eigenvalue weighted by Crippen LogP contribution is 2.52. The number of likely N-dealkylation sites (tertiary alicyclic amines) is 2. The van der Waals surface area contributed by atoms with E-state index >= 15 is 0 Å². The molecule has 2 atom stereocenters. The number of amides is 1. The van der Waals surface area contributed by atoms with Gasteiger partial charge in [-0.15, -0.1) is 0 Å². The molecule has 0 radical (unpaired) electrons. The first-order valence-corrected chi connectivity index (χ1v) is 11.4. The standard InChI is InChI=1S/C23H33BrN2O2/c1-22(2)11-19-12-23(3,14-22)15-26(19)21(28)16-6-8-25(9-7-16)13-17-10-18(24)4-5-20(17)27/h4-5,10,16,19,27H,6-9,11-15H2,1-3H3. The maximum absolute atomic E-state index is 13.3. The van der Waals surface area contributed by atoms with Gasteiger partial charge in [-0.1, -0.05) is 36.7 Å². The van der Waals surface area contributed by atoms with E-state index in [1.165, 1.54) is 12.8 Å². The lowest BCUT2D eigenvalue weighted by Crippen LogP contribution is -2.44. The Morgan fingerprint density at radius 1 is 1.21 bits per heavy atom. The second-order valence-corrected chi connectivity index (χ2v) is 11.4. The first kappa shape index (κ1) is 20.2. The molecule has 3 aliphatic rings. The molecule has 1 aromatic carbocycles. The number of nitrogens with zero attached hydrogens (tertiary/aromatic N) is 2. The fourth-order valence-electron chi connectivity index (χ4n) is 6.21. The molecule has 5 heteroatoms. The summed E-state index contributed by atoms with van der Waals surface area (Å²) >= 11 is 3.48. The van der Waals surface area contributed by atoms with E-state index in [0.29, 0.717) is 28.5 Å². The number of benzene rings is 1. The third-order valence-electron chi connectivity index (χ3n) is 7.07. The molecular formula is C23H33BrN2O2. The van der Waals surface area contributed by atoms with Crippen molar-refractivity contribution in [2.75, 3.05) is 19.6 Å². The summed E-state index contributed by atoms with van der Waals surface area (Å²) in [6.45, 7) is 10.6. The molecule has 1 saturated carbocycles. The summed E-state index contributed by atoms with van der Waals surface area (Å²) in [5, 5.41) is 10.1. The van der Waals surface area contributed by atoms with E-state index in [4.69, 9.17) is 0 Å². The molecule has 28 heavy (non-hydrogen) atoms. The normalized spacial score (nSPS) is 30.6. The summed E-state index contributed by atoms with van der Waals surface area (Å²) in [5.41, 5.74) is 1.60. The Bertz CT molecular complexity index is 757. The van der Waals surface area contributed by atoms with Crippen molar-refractivity contribution in [2.24, 2.45) is 16.7 Å². The molecule has 1 aliphatic carbocycles. The predicted molar refractivity (Wildman–Crippen MR) is 115 cm³/mol. The second-order valence-electron chi connectivity index (χ2n) is 10.5. The summed E-state index contributed by atoms with van der Waals surface area (Å²) in [6.07, 6.45) is 5.42. The van der Waals surface area contributed by atoms with Gasteiger partial charge in [0.15, 0.2) is 0 Å². The van der Waals surface area contributed by atoms with Crippen LogP contribution in [0.5, 0.6) is 5.75 Å². The van der Waals surface area contributed by atoms with Crippen LogP contribution < -0.4 is 0 Å². The highest BCUT2D eigenvalue weighted by atomic mass is 79.9. The zero-order chi connectivity index (χ0) is 20.1. The number of hydrogen-bond donors (Lipinski definition) is 1. The van der Waals surface area contributed by atoms with Crippen molar-refractivity contribution in [3.8, 4) is 5.75 Å². The third-order valence-corrected chi connectivity index (χ3v) is 7.56. The lowest BCUT2D eigenvalue weighted by molar-refractivity contribution is -0.138. The molecule has 2 bridgehead atoms. The van der Waals surface area contributed by atoms with Gasteiger partial charge in [-0.2, -0.15) is 0 Å². The van der Waals surface area contributed by atoms with Gasteiger partial charge >= 0.3 is 0 Å². The van der Waals surface area contributed by atoms with Crippen molar-refractivity contribution < 1.29 is 9.90 Å². The van der Waals surface area contributed by atoms with Crippen LogP contribution in [-0.4, -0.2) is 46.5 Å². The summed E-state index contributed by atoms with van der Waals surface area (Å²) in [6, 6.07) is 6.03. The molecule has 0 aromatic heterocycles. The largest absolute Gasteiger partial charge is 0.508 e. The van der Waals surface area contributed by atoms with Gasteiger partial charge in [0.25, 0.3) is 0 Å². The summed E-state index contributed by atoms with van der Waals surface area (Å²) in [5.74, 6) is 0.913. The van der Waals surface area contributed by atoms with Crippen LogP contribution in [0.1, 0.15) is 58.4 Å². The van der Waals surface area contributed by atoms with E-state index in [9.17, 15) is 9.90 Å². The highest BCUT2D eigenvalue weighted by Gasteiger charge is 2.51. The zero-order valence-corrected chi connectivity index (χ0v) is 19.0. The van der Waals surface area contributed by atoms with Gasteiger partial charge in [-0.05, 0) is 74.2 Å². The van der Waals surface area contributed by atoms with Gasteiger partial charge in [0, 0.05) is 35.1 Å². The lowest BCUT2D eigenvalue weighted by Gasteiger charge is -2.40. The number of carbonyl (C=O) groups is 1. The Morgan fingerprint density at radius 3 is 2.64 bits per heavy atom. The van der Waals surface area contributed by atoms with Crippen molar-refractivity contribution in [1.82, 2.24) is 9.80 Å². The van der Waals surface area contributed by atoms with Crippen LogP contribution in [0, 0.1) is 16.7 Å². The van der Waals surface area contributed by atoms with Crippen LogP contribution >= 0.6 is 15.9 Å². The average Bonchev–Trinajstić information content (AvgIpc) is 2.87. The molecule has 3 fully saturated rings. The van der Waals surface area contributed by atoms with E-state index < -0.39 is 0 Å². The Morgan fingerprint density at radius 2 is 1.93 bits per heavy atom. The number of phenolic OH excluding ortho intramolecular Hbond substituents is 1. The number of fused-ring (bicyclic) bond motifs is 2. The van der Waals surface area contributed by atoms with Crippen LogP contribution in [-0.2, 0) is 11.3 Å². The Balaban J connectivity index is 1.35. The first-order chi connectivity index (χ1) is 13.1. The number of phenols is 1. The number of hydrogen-bond acceptors (Lipinski definition) is 3. The summed E-state index contributed by atoms with van der Waals surface area (Å²) in [7, 11) is 0. The molecule has 1 amide bonds. The van der Waals surface area contributed by atoms with Gasteiger partial charge in [0.05, 0.1) is 0 Å². The van der Waals surface area contributed by atoms with Crippen molar-refractivity contribution in [3.63, 3.8) is 0 Å². The summed E-state index contributed by atoms with van der Waals surface area (Å²) < 4.78 is 0.988. The molecular weight excluding hydrogens is 416 g/mol. The van der Waals surface area contributed by atoms with Gasteiger partial charge < -0.3 is 10.0 Å². The van der Waals surface area contributed by atoms with Crippen molar-refractivity contribution in [1.29, 1.82) is 0 Å². The molecule has 4 nitrogen and oxygen atoms in total. The van der Waals surface area contributed by atoms with Gasteiger partial charge in [-0.3, -0.25) is 9.69 Å². The first-order valence-electron chi connectivity index (χ1n) is 10.6. The van der Waals surface area contributed by atoms with Gasteiger partial charge in [-0.25, -0.2) is 0 Å². The van der Waals surface area contributed by atoms with E-state index in [0.717, 1.165) is 55.5 Å². The van der Waals surface area contributed by atoms with Crippen molar-refractivity contribution in [3.05, 3.63) is 28.2 Å². The van der Waals surface area contributed by atoms with E-state index in [2.05, 4.69) is 46.5 Å². The minimum atomic E-state index is 0.165. The maximum Gasteiger partial charge on any atom is 0.226 e. The Kier molecular flexibility index (Phi) is 5.28. The van der Waals surface area contributed by atoms with Gasteiger partial charge in [0.2, 0.25) is 5.91 Å². The summed E-state index contributed by atoms with van der Waals surface area (Å²) in [4.78, 5) is 17.9. The number of aromatic hydroxyl groups is 1. The molecule has 2 unspecified atom stereocenters. The molecule has 1 N–H and O–H groups in total. The monoisotopic (exact) mass is 448 g/mol. The smallest absolute Gasteiger partial charge is 0.226 e. The highest BCUT2D eigenvalue weighted by molar-refractivity contribution is 9.10. The van der Waals surface area contributed by atoms with Crippen LogP contribution in [0.4, 0.5) is 0 Å². The number of halogens is 1.